The van der Waals surface area contributed by atoms with E-state index in [1.807, 2.05) is 6.07 Å². The average molecular weight is 189 g/mol. The van der Waals surface area contributed by atoms with Crippen molar-refractivity contribution in [3.8, 4) is 6.07 Å². The standard InChI is InChI=1S/C12H12FN/c13-12-7-10(8-14)4-5-11(12)6-9-2-1-3-9/h4-5,7,9H,1-3,6H2. The first-order valence-electron chi connectivity index (χ1n) is 4.98. The van der Waals surface area contributed by atoms with Gasteiger partial charge in [-0.05, 0) is 30.0 Å². The minimum Gasteiger partial charge on any atom is -0.207 e. The molecule has 0 N–H and O–H groups in total. The van der Waals surface area contributed by atoms with E-state index in [1.165, 1.54) is 25.3 Å². The fourth-order valence-corrected chi connectivity index (χ4v) is 1.79. The summed E-state index contributed by atoms with van der Waals surface area (Å²) in [6.07, 6.45) is 4.55. The highest BCUT2D eigenvalue weighted by atomic mass is 19.1. The molecule has 0 spiro atoms. The Labute approximate surface area is 83.2 Å². The van der Waals surface area contributed by atoms with Crippen LogP contribution in [0.3, 0.4) is 0 Å². The summed E-state index contributed by atoms with van der Waals surface area (Å²) in [6.45, 7) is 0. The molecule has 0 unspecified atom stereocenters. The molecule has 14 heavy (non-hydrogen) atoms. The average Bonchev–Trinajstić information content (AvgIpc) is 2.13. The van der Waals surface area contributed by atoms with Gasteiger partial charge in [-0.25, -0.2) is 4.39 Å². The zero-order chi connectivity index (χ0) is 9.97. The van der Waals surface area contributed by atoms with Gasteiger partial charge in [0, 0.05) is 0 Å². The molecule has 1 fully saturated rings. The largest absolute Gasteiger partial charge is 0.207 e. The number of hydrogen-bond acceptors (Lipinski definition) is 1. The SMILES string of the molecule is N#Cc1ccc(CC2CCC2)c(F)c1. The third-order valence-electron chi connectivity index (χ3n) is 2.92. The van der Waals surface area contributed by atoms with E-state index in [1.54, 1.807) is 12.1 Å². The van der Waals surface area contributed by atoms with E-state index in [2.05, 4.69) is 0 Å². The monoisotopic (exact) mass is 189 g/mol. The lowest BCUT2D eigenvalue weighted by Crippen LogP contribution is -2.14. The molecule has 0 heterocycles. The van der Waals surface area contributed by atoms with Crippen molar-refractivity contribution >= 4 is 0 Å². The molecule has 72 valence electrons. The van der Waals surface area contributed by atoms with Crippen molar-refractivity contribution in [1.82, 2.24) is 0 Å². The fraction of sp³-hybridized carbons (Fsp3) is 0.417. The molecule has 0 bridgehead atoms. The third kappa shape index (κ3) is 1.77. The van der Waals surface area contributed by atoms with Gasteiger partial charge in [0.1, 0.15) is 5.82 Å². The van der Waals surface area contributed by atoms with Gasteiger partial charge in [-0.15, -0.1) is 0 Å². The molecular formula is C12H12FN. The number of halogens is 1. The number of nitrogens with zero attached hydrogens (tertiary/aromatic N) is 1. The van der Waals surface area contributed by atoms with Crippen LogP contribution < -0.4 is 0 Å². The van der Waals surface area contributed by atoms with Gasteiger partial charge in [0.2, 0.25) is 0 Å². The maximum Gasteiger partial charge on any atom is 0.127 e. The van der Waals surface area contributed by atoms with Crippen molar-refractivity contribution < 1.29 is 4.39 Å². The Hall–Kier alpha value is -1.36. The highest BCUT2D eigenvalue weighted by molar-refractivity contribution is 5.33. The Kier molecular flexibility index (Phi) is 2.49. The molecule has 0 atom stereocenters. The first-order chi connectivity index (χ1) is 6.79. The number of nitriles is 1. The lowest BCUT2D eigenvalue weighted by atomic mass is 9.81. The highest BCUT2D eigenvalue weighted by Crippen LogP contribution is 2.30. The lowest BCUT2D eigenvalue weighted by Gasteiger charge is -2.25. The number of rotatable bonds is 2. The molecule has 0 amide bonds. The van der Waals surface area contributed by atoms with Crippen LogP contribution in [0.1, 0.15) is 30.4 Å². The van der Waals surface area contributed by atoms with E-state index in [-0.39, 0.29) is 5.82 Å². The quantitative estimate of drug-likeness (QED) is 0.701. The van der Waals surface area contributed by atoms with Crippen molar-refractivity contribution in [3.05, 3.63) is 35.1 Å². The van der Waals surface area contributed by atoms with Crippen LogP contribution >= 0.6 is 0 Å². The van der Waals surface area contributed by atoms with Gasteiger partial charge in [-0.1, -0.05) is 25.3 Å². The van der Waals surface area contributed by atoms with Crippen LogP contribution in [0.2, 0.25) is 0 Å². The highest BCUT2D eigenvalue weighted by Gasteiger charge is 2.19. The van der Waals surface area contributed by atoms with E-state index in [9.17, 15) is 4.39 Å². The van der Waals surface area contributed by atoms with Crippen molar-refractivity contribution in [2.45, 2.75) is 25.7 Å². The Morgan fingerprint density at radius 2 is 2.21 bits per heavy atom. The predicted molar refractivity (Wildman–Crippen MR) is 52.2 cm³/mol. The lowest BCUT2D eigenvalue weighted by molar-refractivity contribution is 0.311. The summed E-state index contributed by atoms with van der Waals surface area (Å²) in [5.41, 5.74) is 1.16. The summed E-state index contributed by atoms with van der Waals surface area (Å²) in [6, 6.07) is 6.70. The second-order valence-electron chi connectivity index (χ2n) is 3.92. The number of hydrogen-bond donors (Lipinski definition) is 0. The van der Waals surface area contributed by atoms with Crippen LogP contribution in [0.4, 0.5) is 4.39 Å². The first-order valence-corrected chi connectivity index (χ1v) is 4.98. The maximum atomic E-state index is 13.4. The minimum atomic E-state index is -0.226. The van der Waals surface area contributed by atoms with Crippen LogP contribution in [0.15, 0.2) is 18.2 Å². The molecule has 2 heteroatoms. The van der Waals surface area contributed by atoms with E-state index in [0.717, 1.165) is 12.0 Å². The molecule has 1 nitrogen and oxygen atoms in total. The molecule has 0 saturated heterocycles. The minimum absolute atomic E-state index is 0.226. The Morgan fingerprint density at radius 1 is 1.43 bits per heavy atom. The van der Waals surface area contributed by atoms with Crippen LogP contribution in [0.25, 0.3) is 0 Å². The van der Waals surface area contributed by atoms with Crippen molar-refractivity contribution in [2.24, 2.45) is 5.92 Å². The first kappa shape index (κ1) is 9.21. The molecule has 1 aromatic rings. The smallest absolute Gasteiger partial charge is 0.127 e. The molecule has 0 aromatic heterocycles. The number of benzene rings is 1. The second-order valence-corrected chi connectivity index (χ2v) is 3.92. The maximum absolute atomic E-state index is 13.4. The third-order valence-corrected chi connectivity index (χ3v) is 2.92. The molecule has 1 aromatic carbocycles. The van der Waals surface area contributed by atoms with E-state index in [4.69, 9.17) is 5.26 Å². The van der Waals surface area contributed by atoms with Gasteiger partial charge in [-0.3, -0.25) is 0 Å². The molecule has 1 aliphatic carbocycles. The van der Waals surface area contributed by atoms with Gasteiger partial charge in [0.15, 0.2) is 0 Å². The summed E-state index contributed by atoms with van der Waals surface area (Å²) in [5, 5.41) is 8.58. The summed E-state index contributed by atoms with van der Waals surface area (Å²) in [5.74, 6) is 0.438. The molecular weight excluding hydrogens is 177 g/mol. The zero-order valence-corrected chi connectivity index (χ0v) is 7.96. The summed E-state index contributed by atoms with van der Waals surface area (Å²) >= 11 is 0. The summed E-state index contributed by atoms with van der Waals surface area (Å²) in [7, 11) is 0. The summed E-state index contributed by atoms with van der Waals surface area (Å²) < 4.78 is 13.4. The molecule has 2 rings (SSSR count). The van der Waals surface area contributed by atoms with Crippen molar-refractivity contribution in [2.75, 3.05) is 0 Å². The molecule has 0 radical (unpaired) electrons. The van der Waals surface area contributed by atoms with Gasteiger partial charge in [-0.2, -0.15) is 5.26 Å². The Balaban J connectivity index is 2.14. The Morgan fingerprint density at radius 3 is 2.71 bits per heavy atom. The molecule has 0 aliphatic heterocycles. The Bertz CT molecular complexity index is 374. The zero-order valence-electron chi connectivity index (χ0n) is 7.96. The van der Waals surface area contributed by atoms with Gasteiger partial charge >= 0.3 is 0 Å². The van der Waals surface area contributed by atoms with Crippen LogP contribution in [0.5, 0.6) is 0 Å². The van der Waals surface area contributed by atoms with Gasteiger partial charge in [0.05, 0.1) is 11.6 Å². The molecule has 1 saturated carbocycles. The fourth-order valence-electron chi connectivity index (χ4n) is 1.79. The molecule has 1 aliphatic rings. The summed E-state index contributed by atoms with van der Waals surface area (Å²) in [4.78, 5) is 0. The predicted octanol–water partition coefficient (Wildman–Crippen LogP) is 3.04. The van der Waals surface area contributed by atoms with Crippen molar-refractivity contribution in [3.63, 3.8) is 0 Å². The van der Waals surface area contributed by atoms with Crippen LogP contribution in [-0.2, 0) is 6.42 Å². The van der Waals surface area contributed by atoms with E-state index >= 15 is 0 Å². The topological polar surface area (TPSA) is 23.8 Å². The van der Waals surface area contributed by atoms with E-state index < -0.39 is 0 Å². The van der Waals surface area contributed by atoms with Gasteiger partial charge in [0.25, 0.3) is 0 Å². The van der Waals surface area contributed by atoms with Crippen LogP contribution in [-0.4, -0.2) is 0 Å². The van der Waals surface area contributed by atoms with Crippen molar-refractivity contribution in [1.29, 1.82) is 5.26 Å². The van der Waals surface area contributed by atoms with E-state index in [0.29, 0.717) is 11.5 Å². The van der Waals surface area contributed by atoms with Crippen LogP contribution in [0, 0.1) is 23.1 Å². The normalized spacial score (nSPS) is 16.0. The van der Waals surface area contributed by atoms with Gasteiger partial charge < -0.3 is 0 Å². The second kappa shape index (κ2) is 3.79.